The van der Waals surface area contributed by atoms with Crippen LogP contribution in [0.1, 0.15) is 32.1 Å². The van der Waals surface area contributed by atoms with Crippen LogP contribution in [0.5, 0.6) is 0 Å². The lowest BCUT2D eigenvalue weighted by atomic mass is 10.1. The second-order valence-electron chi connectivity index (χ2n) is 4.58. The number of anilines is 1. The van der Waals surface area contributed by atoms with Crippen molar-refractivity contribution in [3.63, 3.8) is 0 Å². The van der Waals surface area contributed by atoms with Crippen LogP contribution in [-0.4, -0.2) is 17.3 Å². The molecule has 0 amide bonds. The topological polar surface area (TPSA) is 32.3 Å². The molecule has 0 aromatic heterocycles. The molecule has 2 unspecified atom stereocenters. The van der Waals surface area contributed by atoms with Crippen LogP contribution in [0.15, 0.2) is 18.2 Å². The van der Waals surface area contributed by atoms with Gasteiger partial charge in [-0.15, -0.1) is 0 Å². The molecule has 0 saturated heterocycles. The van der Waals surface area contributed by atoms with E-state index in [2.05, 4.69) is 5.32 Å². The second kappa shape index (κ2) is 5.69. The van der Waals surface area contributed by atoms with Gasteiger partial charge in [0.2, 0.25) is 0 Å². The summed E-state index contributed by atoms with van der Waals surface area (Å²) >= 11 is 5.83. The van der Waals surface area contributed by atoms with Crippen molar-refractivity contribution in [2.75, 3.05) is 5.32 Å². The molecule has 0 aliphatic heterocycles. The first kappa shape index (κ1) is 12.7. The fraction of sp³-hybridized carbons (Fsp3) is 0.538. The molecule has 2 N–H and O–H groups in total. The predicted molar refractivity (Wildman–Crippen MR) is 67.9 cm³/mol. The minimum absolute atomic E-state index is 0.0783. The van der Waals surface area contributed by atoms with Gasteiger partial charge in [0.25, 0.3) is 0 Å². The van der Waals surface area contributed by atoms with Crippen LogP contribution in [0, 0.1) is 5.82 Å². The van der Waals surface area contributed by atoms with Crippen LogP contribution in [0.3, 0.4) is 0 Å². The molecular weight excluding hydrogens is 241 g/mol. The summed E-state index contributed by atoms with van der Waals surface area (Å²) in [6.07, 6.45) is 4.48. The predicted octanol–water partition coefficient (Wildman–Crippen LogP) is 3.58. The monoisotopic (exact) mass is 257 g/mol. The molecule has 4 heteroatoms. The lowest BCUT2D eigenvalue weighted by Gasteiger charge is -2.23. The van der Waals surface area contributed by atoms with E-state index in [0.29, 0.717) is 10.7 Å². The number of halogens is 2. The third kappa shape index (κ3) is 3.33. The molecule has 1 fully saturated rings. The van der Waals surface area contributed by atoms with E-state index in [4.69, 9.17) is 11.6 Å². The van der Waals surface area contributed by atoms with Gasteiger partial charge in [0.05, 0.1) is 17.8 Å². The smallest absolute Gasteiger partial charge is 0.146 e. The van der Waals surface area contributed by atoms with E-state index in [0.717, 1.165) is 32.1 Å². The summed E-state index contributed by atoms with van der Waals surface area (Å²) in [6, 6.07) is 4.35. The summed E-state index contributed by atoms with van der Waals surface area (Å²) in [7, 11) is 0. The van der Waals surface area contributed by atoms with Gasteiger partial charge in [0.15, 0.2) is 0 Å². The Hall–Kier alpha value is -0.800. The zero-order valence-electron chi connectivity index (χ0n) is 9.63. The van der Waals surface area contributed by atoms with E-state index in [1.54, 1.807) is 6.07 Å². The maximum Gasteiger partial charge on any atom is 0.146 e. The number of rotatable bonds is 2. The number of hydrogen-bond acceptors (Lipinski definition) is 2. The average molecular weight is 258 g/mol. The second-order valence-corrected chi connectivity index (χ2v) is 5.02. The largest absolute Gasteiger partial charge is 0.391 e. The molecule has 2 nitrogen and oxygen atoms in total. The first-order valence-electron chi connectivity index (χ1n) is 6.06. The zero-order chi connectivity index (χ0) is 12.3. The summed E-state index contributed by atoms with van der Waals surface area (Å²) in [4.78, 5) is 0. The molecule has 2 atom stereocenters. The molecule has 94 valence electrons. The average Bonchev–Trinajstić information content (AvgIpc) is 2.50. The highest BCUT2D eigenvalue weighted by Gasteiger charge is 2.22. The van der Waals surface area contributed by atoms with Gasteiger partial charge in [-0.1, -0.05) is 30.9 Å². The molecule has 1 aromatic rings. The van der Waals surface area contributed by atoms with E-state index in [1.165, 1.54) is 12.1 Å². The van der Waals surface area contributed by atoms with Crippen LogP contribution in [0.4, 0.5) is 10.1 Å². The molecule has 1 aromatic carbocycles. The summed E-state index contributed by atoms with van der Waals surface area (Å²) in [6.45, 7) is 0. The molecule has 1 aliphatic carbocycles. The summed E-state index contributed by atoms with van der Waals surface area (Å²) in [5, 5.41) is 13.5. The minimum atomic E-state index is -0.407. The molecule has 0 spiro atoms. The van der Waals surface area contributed by atoms with Crippen LogP contribution < -0.4 is 5.32 Å². The van der Waals surface area contributed by atoms with E-state index in [-0.39, 0.29) is 11.9 Å². The van der Waals surface area contributed by atoms with Gasteiger partial charge in [-0.25, -0.2) is 4.39 Å². The van der Waals surface area contributed by atoms with Gasteiger partial charge >= 0.3 is 0 Å². The Balaban J connectivity index is 2.10. The van der Waals surface area contributed by atoms with Crippen LogP contribution >= 0.6 is 11.6 Å². The van der Waals surface area contributed by atoms with E-state index >= 15 is 0 Å². The maximum atomic E-state index is 13.6. The number of hydrogen-bond donors (Lipinski definition) is 2. The zero-order valence-corrected chi connectivity index (χ0v) is 10.4. The quantitative estimate of drug-likeness (QED) is 0.794. The minimum Gasteiger partial charge on any atom is -0.391 e. The Bertz CT molecular complexity index is 386. The van der Waals surface area contributed by atoms with Crippen LogP contribution in [-0.2, 0) is 0 Å². The fourth-order valence-electron chi connectivity index (χ4n) is 2.26. The summed E-state index contributed by atoms with van der Waals surface area (Å²) in [5.74, 6) is -0.328. The van der Waals surface area contributed by atoms with Crippen LogP contribution in [0.25, 0.3) is 0 Å². The number of aliphatic hydroxyl groups excluding tert-OH is 1. The Labute approximate surface area is 106 Å². The molecule has 17 heavy (non-hydrogen) atoms. The van der Waals surface area contributed by atoms with Crippen molar-refractivity contribution in [1.82, 2.24) is 0 Å². The lowest BCUT2D eigenvalue weighted by molar-refractivity contribution is 0.144. The van der Waals surface area contributed by atoms with Gasteiger partial charge < -0.3 is 10.4 Å². The number of benzene rings is 1. The fourth-order valence-corrected chi connectivity index (χ4v) is 2.44. The van der Waals surface area contributed by atoms with Gasteiger partial charge in [0.1, 0.15) is 5.82 Å². The molecule has 0 radical (unpaired) electrons. The standard InChI is InChI=1S/C13H17ClFNO/c14-9-6-7-10(15)12(8-9)16-11-4-2-1-3-5-13(11)17/h6-8,11,13,16-17H,1-5H2. The highest BCUT2D eigenvalue weighted by atomic mass is 35.5. The van der Waals surface area contributed by atoms with Gasteiger partial charge in [-0.3, -0.25) is 0 Å². The van der Waals surface area contributed by atoms with E-state index in [1.807, 2.05) is 0 Å². The van der Waals surface area contributed by atoms with Crippen molar-refractivity contribution in [1.29, 1.82) is 0 Å². The van der Waals surface area contributed by atoms with Crippen molar-refractivity contribution in [3.05, 3.63) is 29.0 Å². The normalized spacial score (nSPS) is 25.4. The SMILES string of the molecule is OC1CCCCCC1Nc1cc(Cl)ccc1F. The Kier molecular flexibility index (Phi) is 4.24. The summed E-state index contributed by atoms with van der Waals surface area (Å²) in [5.41, 5.74) is 0.378. The lowest BCUT2D eigenvalue weighted by Crippen LogP contribution is -2.32. The highest BCUT2D eigenvalue weighted by Crippen LogP contribution is 2.25. The Morgan fingerprint density at radius 1 is 1.24 bits per heavy atom. The Morgan fingerprint density at radius 3 is 2.82 bits per heavy atom. The van der Waals surface area contributed by atoms with Crippen molar-refractivity contribution < 1.29 is 9.50 Å². The molecule has 2 rings (SSSR count). The van der Waals surface area contributed by atoms with Gasteiger partial charge in [-0.05, 0) is 31.0 Å². The van der Waals surface area contributed by atoms with Gasteiger partial charge in [0, 0.05) is 5.02 Å². The number of nitrogens with one attached hydrogen (secondary N) is 1. The van der Waals surface area contributed by atoms with Crippen molar-refractivity contribution in [2.24, 2.45) is 0 Å². The van der Waals surface area contributed by atoms with Crippen LogP contribution in [0.2, 0.25) is 5.02 Å². The molecule has 0 bridgehead atoms. The van der Waals surface area contributed by atoms with E-state index < -0.39 is 6.10 Å². The Morgan fingerprint density at radius 2 is 2.00 bits per heavy atom. The van der Waals surface area contributed by atoms with Crippen molar-refractivity contribution in [3.8, 4) is 0 Å². The first-order chi connectivity index (χ1) is 8.16. The van der Waals surface area contributed by atoms with Gasteiger partial charge in [-0.2, -0.15) is 0 Å². The van der Waals surface area contributed by atoms with Crippen molar-refractivity contribution in [2.45, 2.75) is 44.2 Å². The number of aliphatic hydroxyl groups is 1. The summed E-state index contributed by atoms with van der Waals surface area (Å²) < 4.78 is 13.6. The first-order valence-corrected chi connectivity index (χ1v) is 6.44. The van der Waals surface area contributed by atoms with Crippen molar-refractivity contribution >= 4 is 17.3 Å². The highest BCUT2D eigenvalue weighted by molar-refractivity contribution is 6.30. The molecular formula is C13H17ClFNO. The maximum absolute atomic E-state index is 13.6. The van der Waals surface area contributed by atoms with E-state index in [9.17, 15) is 9.50 Å². The molecule has 1 saturated carbocycles. The third-order valence-electron chi connectivity index (χ3n) is 3.25. The molecule has 0 heterocycles. The molecule has 1 aliphatic rings. The third-order valence-corrected chi connectivity index (χ3v) is 3.48.